The van der Waals surface area contributed by atoms with Crippen molar-refractivity contribution in [3.8, 4) is 0 Å². The molecule has 3 nitrogen and oxygen atoms in total. The lowest BCUT2D eigenvalue weighted by atomic mass is 9.90. The van der Waals surface area contributed by atoms with Gasteiger partial charge in [-0.05, 0) is 43.4 Å². The van der Waals surface area contributed by atoms with Crippen molar-refractivity contribution >= 4 is 5.91 Å². The Balaban J connectivity index is 1.82. The Morgan fingerprint density at radius 1 is 0.833 bits per heavy atom. The molecule has 0 N–H and O–H groups in total. The zero-order chi connectivity index (χ0) is 21.3. The highest BCUT2D eigenvalue weighted by Crippen LogP contribution is 2.28. The first-order valence-electron chi connectivity index (χ1n) is 11.3. The van der Waals surface area contributed by atoms with Crippen molar-refractivity contribution in [2.45, 2.75) is 71.6 Å². The summed E-state index contributed by atoms with van der Waals surface area (Å²) in [7, 11) is 0. The van der Waals surface area contributed by atoms with Crippen molar-refractivity contribution in [3.63, 3.8) is 0 Å². The van der Waals surface area contributed by atoms with Gasteiger partial charge in [0.05, 0.1) is 11.6 Å². The Morgan fingerprint density at radius 2 is 1.37 bits per heavy atom. The second-order valence-corrected chi connectivity index (χ2v) is 8.17. The molecule has 0 unspecified atom stereocenters. The molecule has 0 atom stereocenters. The maximum absolute atomic E-state index is 13.7. The first-order valence-corrected chi connectivity index (χ1v) is 11.3. The Kier molecular flexibility index (Phi) is 8.01. The number of benzene rings is 2. The van der Waals surface area contributed by atoms with Crippen LogP contribution in [-0.2, 0) is 6.42 Å². The summed E-state index contributed by atoms with van der Waals surface area (Å²) in [6.07, 6.45) is 8.62. The minimum atomic E-state index is -0.354. The summed E-state index contributed by atoms with van der Waals surface area (Å²) in [5.41, 5.74) is 5.20. The van der Waals surface area contributed by atoms with E-state index in [1.807, 2.05) is 74.5 Å². The fourth-order valence-corrected chi connectivity index (χ4v) is 4.22. The molecule has 0 radical (unpaired) electrons. The molecule has 0 aliphatic carbocycles. The van der Waals surface area contributed by atoms with Gasteiger partial charge in [0.25, 0.3) is 5.91 Å². The van der Waals surface area contributed by atoms with Gasteiger partial charge in [-0.3, -0.25) is 4.79 Å². The number of unbranched alkanes of at least 4 members (excludes halogenated alkanes) is 5. The van der Waals surface area contributed by atoms with Crippen LogP contribution in [0.15, 0.2) is 60.7 Å². The van der Waals surface area contributed by atoms with E-state index in [0.29, 0.717) is 0 Å². The molecule has 0 aliphatic heterocycles. The number of carbonyl (C=O) groups is 1. The lowest BCUT2D eigenvalue weighted by Gasteiger charge is -2.17. The topological polar surface area (TPSA) is 34.9 Å². The number of hydrogen-bond acceptors (Lipinski definition) is 2. The molecule has 158 valence electrons. The Morgan fingerprint density at radius 3 is 1.93 bits per heavy atom. The summed E-state index contributed by atoms with van der Waals surface area (Å²) in [5, 5.41) is 4.68. The molecule has 30 heavy (non-hydrogen) atoms. The van der Waals surface area contributed by atoms with Crippen LogP contribution in [0.5, 0.6) is 0 Å². The lowest BCUT2D eigenvalue weighted by molar-refractivity contribution is 0.0874. The number of aromatic nitrogens is 2. The van der Waals surface area contributed by atoms with Crippen LogP contribution in [0.1, 0.15) is 84.2 Å². The van der Waals surface area contributed by atoms with E-state index in [0.717, 1.165) is 35.4 Å². The van der Waals surface area contributed by atoms with E-state index in [4.69, 9.17) is 0 Å². The molecule has 0 fully saturated rings. The SMILES string of the molecule is CCCCCCCCc1c(C)nn(C(=O)C(c2ccccc2)c2ccccc2)c1C. The minimum Gasteiger partial charge on any atom is -0.271 e. The van der Waals surface area contributed by atoms with Gasteiger partial charge in [-0.15, -0.1) is 0 Å². The van der Waals surface area contributed by atoms with E-state index in [-0.39, 0.29) is 11.8 Å². The van der Waals surface area contributed by atoms with Crippen molar-refractivity contribution in [2.24, 2.45) is 0 Å². The largest absolute Gasteiger partial charge is 0.271 e. The molecule has 1 heterocycles. The van der Waals surface area contributed by atoms with Crippen LogP contribution in [-0.4, -0.2) is 15.7 Å². The number of nitrogens with zero attached hydrogens (tertiary/aromatic N) is 2. The number of rotatable bonds is 10. The standard InChI is InChI=1S/C27H34N2O/c1-4-5-6-7-8-15-20-25-21(2)28-29(22(25)3)27(30)26(23-16-11-9-12-17-23)24-18-13-10-14-19-24/h9-14,16-19,26H,4-8,15,20H2,1-3H3. The van der Waals surface area contributed by atoms with Crippen LogP contribution in [0.2, 0.25) is 0 Å². The minimum absolute atomic E-state index is 0.0159. The molecule has 3 rings (SSSR count). The van der Waals surface area contributed by atoms with E-state index in [1.165, 1.54) is 37.7 Å². The first kappa shape index (κ1) is 22.0. The second-order valence-electron chi connectivity index (χ2n) is 8.17. The zero-order valence-electron chi connectivity index (χ0n) is 18.6. The summed E-state index contributed by atoms with van der Waals surface area (Å²) in [6, 6.07) is 20.0. The van der Waals surface area contributed by atoms with Crippen LogP contribution >= 0.6 is 0 Å². The van der Waals surface area contributed by atoms with Gasteiger partial charge in [0.2, 0.25) is 0 Å². The lowest BCUT2D eigenvalue weighted by Crippen LogP contribution is -2.23. The van der Waals surface area contributed by atoms with Crippen molar-refractivity contribution in [2.75, 3.05) is 0 Å². The summed E-state index contributed by atoms with van der Waals surface area (Å²) in [6.45, 7) is 6.32. The van der Waals surface area contributed by atoms with E-state index < -0.39 is 0 Å². The average molecular weight is 403 g/mol. The predicted molar refractivity (Wildman–Crippen MR) is 124 cm³/mol. The maximum Gasteiger partial charge on any atom is 0.259 e. The van der Waals surface area contributed by atoms with Crippen molar-refractivity contribution in [1.82, 2.24) is 9.78 Å². The quantitative estimate of drug-likeness (QED) is 0.347. The van der Waals surface area contributed by atoms with Crippen molar-refractivity contribution < 1.29 is 4.79 Å². The van der Waals surface area contributed by atoms with Gasteiger partial charge in [-0.2, -0.15) is 5.10 Å². The van der Waals surface area contributed by atoms with Gasteiger partial charge < -0.3 is 0 Å². The molecule has 0 spiro atoms. The molecule has 0 bridgehead atoms. The third-order valence-electron chi connectivity index (χ3n) is 5.94. The molecule has 0 aliphatic rings. The smallest absolute Gasteiger partial charge is 0.259 e. The monoisotopic (exact) mass is 402 g/mol. The highest BCUT2D eigenvalue weighted by atomic mass is 16.2. The van der Waals surface area contributed by atoms with Crippen LogP contribution in [0.4, 0.5) is 0 Å². The second kappa shape index (κ2) is 10.9. The van der Waals surface area contributed by atoms with E-state index >= 15 is 0 Å². The molecular weight excluding hydrogens is 368 g/mol. The Bertz CT molecular complexity index is 889. The molecule has 3 aromatic rings. The normalized spacial score (nSPS) is 11.2. The summed E-state index contributed by atoms with van der Waals surface area (Å²) < 4.78 is 1.65. The fraction of sp³-hybridized carbons (Fsp3) is 0.407. The summed E-state index contributed by atoms with van der Waals surface area (Å²) >= 11 is 0. The molecule has 0 saturated carbocycles. The van der Waals surface area contributed by atoms with Gasteiger partial charge in [0.15, 0.2) is 0 Å². The van der Waals surface area contributed by atoms with Gasteiger partial charge in [-0.1, -0.05) is 99.7 Å². The molecule has 2 aromatic carbocycles. The van der Waals surface area contributed by atoms with Gasteiger partial charge in [0, 0.05) is 5.69 Å². The third-order valence-corrected chi connectivity index (χ3v) is 5.94. The third kappa shape index (κ3) is 5.27. The predicted octanol–water partition coefficient (Wildman–Crippen LogP) is 6.88. The Labute approximate surface area is 181 Å². The number of aryl methyl sites for hydroxylation is 1. The zero-order valence-corrected chi connectivity index (χ0v) is 18.6. The van der Waals surface area contributed by atoms with Crippen LogP contribution in [0, 0.1) is 13.8 Å². The average Bonchev–Trinajstić information content (AvgIpc) is 3.06. The van der Waals surface area contributed by atoms with E-state index in [2.05, 4.69) is 12.0 Å². The van der Waals surface area contributed by atoms with E-state index in [1.54, 1.807) is 4.68 Å². The van der Waals surface area contributed by atoms with Crippen molar-refractivity contribution in [3.05, 3.63) is 88.7 Å². The van der Waals surface area contributed by atoms with Crippen LogP contribution in [0.3, 0.4) is 0 Å². The molecule has 3 heteroatoms. The molecule has 0 amide bonds. The van der Waals surface area contributed by atoms with Crippen LogP contribution in [0.25, 0.3) is 0 Å². The summed E-state index contributed by atoms with van der Waals surface area (Å²) in [4.78, 5) is 13.7. The van der Waals surface area contributed by atoms with Crippen LogP contribution < -0.4 is 0 Å². The Hall–Kier alpha value is -2.68. The van der Waals surface area contributed by atoms with Crippen molar-refractivity contribution in [1.29, 1.82) is 0 Å². The summed E-state index contributed by atoms with van der Waals surface area (Å²) in [5.74, 6) is -0.338. The number of hydrogen-bond donors (Lipinski definition) is 0. The highest BCUT2D eigenvalue weighted by Gasteiger charge is 2.27. The number of carbonyl (C=O) groups excluding carboxylic acids is 1. The molecular formula is C27H34N2O. The fourth-order valence-electron chi connectivity index (χ4n) is 4.22. The highest BCUT2D eigenvalue weighted by molar-refractivity contribution is 5.89. The van der Waals surface area contributed by atoms with E-state index in [9.17, 15) is 4.79 Å². The van der Waals surface area contributed by atoms with Gasteiger partial charge >= 0.3 is 0 Å². The van der Waals surface area contributed by atoms with Gasteiger partial charge in [0.1, 0.15) is 0 Å². The maximum atomic E-state index is 13.7. The first-order chi connectivity index (χ1) is 14.6. The molecule has 1 aromatic heterocycles. The molecule has 0 saturated heterocycles. The van der Waals surface area contributed by atoms with Gasteiger partial charge in [-0.25, -0.2) is 4.68 Å².